The fraction of sp³-hybridized carbons (Fsp3) is 0.636. The van der Waals surface area contributed by atoms with Crippen LogP contribution in [-0.2, 0) is 4.79 Å². The number of nitrogens with zero attached hydrogens (tertiary/aromatic N) is 1. The summed E-state index contributed by atoms with van der Waals surface area (Å²) < 4.78 is 0. The Bertz CT molecular complexity index is 280. The van der Waals surface area contributed by atoms with Crippen molar-refractivity contribution >= 4 is 5.91 Å². The minimum Gasteiger partial charge on any atom is -0.356 e. The lowest BCUT2D eigenvalue weighted by Gasteiger charge is -1.93. The van der Waals surface area contributed by atoms with Gasteiger partial charge < -0.3 is 5.32 Å². The molecule has 0 bridgehead atoms. The van der Waals surface area contributed by atoms with Crippen LogP contribution in [0.15, 0.2) is 6.07 Å². The number of aromatic nitrogens is 2. The summed E-state index contributed by atoms with van der Waals surface area (Å²) in [7, 11) is 0. The lowest BCUT2D eigenvalue weighted by atomic mass is 10.2. The highest BCUT2D eigenvalue weighted by molar-refractivity contribution is 5.75. The van der Waals surface area contributed by atoms with Crippen LogP contribution in [0.1, 0.15) is 37.1 Å². The van der Waals surface area contributed by atoms with E-state index in [2.05, 4.69) is 15.5 Å². The Morgan fingerprint density at radius 1 is 1.27 bits per heavy atom. The quantitative estimate of drug-likeness (QED) is 0.683. The van der Waals surface area contributed by atoms with E-state index in [0.29, 0.717) is 0 Å². The van der Waals surface area contributed by atoms with Crippen LogP contribution in [0.3, 0.4) is 0 Å². The molecular formula is C11H19N3O. The van der Waals surface area contributed by atoms with Crippen molar-refractivity contribution in [2.24, 2.45) is 0 Å². The molecule has 1 aromatic heterocycles. The summed E-state index contributed by atoms with van der Waals surface area (Å²) in [6, 6.07) is 2.00. The highest BCUT2D eigenvalue weighted by atomic mass is 16.1. The zero-order chi connectivity index (χ0) is 11.1. The Balaban J connectivity index is 0.000000151. The van der Waals surface area contributed by atoms with Crippen LogP contribution in [0.5, 0.6) is 0 Å². The highest BCUT2D eigenvalue weighted by Gasteiger charge is 2.03. The van der Waals surface area contributed by atoms with Gasteiger partial charge in [0, 0.05) is 18.7 Å². The van der Waals surface area contributed by atoms with Crippen LogP contribution in [-0.4, -0.2) is 22.6 Å². The minimum absolute atomic E-state index is 0.225. The third-order valence-electron chi connectivity index (χ3n) is 2.24. The van der Waals surface area contributed by atoms with Gasteiger partial charge in [0.1, 0.15) is 0 Å². The van der Waals surface area contributed by atoms with Crippen LogP contribution in [0.2, 0.25) is 0 Å². The van der Waals surface area contributed by atoms with Gasteiger partial charge in [0.2, 0.25) is 5.91 Å². The number of nitrogens with one attached hydrogen (secondary N) is 2. The Hall–Kier alpha value is -1.32. The molecule has 0 radical (unpaired) electrons. The standard InChI is InChI=1S/C6H11NO.C5H8N2/c8-6-4-2-1-3-5-7-6;1-4-3-5(2)7-6-4/h1-5H2,(H,7,8);3H,1-2H3,(H,6,7). The average Bonchev–Trinajstić information content (AvgIpc) is 2.44. The number of carbonyl (C=O) groups excluding carboxylic acids is 1. The zero-order valence-corrected chi connectivity index (χ0v) is 9.47. The SMILES string of the molecule is Cc1cc(C)[nH]n1.O=C1CCCCCN1. The largest absolute Gasteiger partial charge is 0.356 e. The maximum absolute atomic E-state index is 10.6. The lowest BCUT2D eigenvalue weighted by Crippen LogP contribution is -2.21. The molecule has 1 saturated heterocycles. The first-order valence-electron chi connectivity index (χ1n) is 5.44. The number of aryl methyl sites for hydroxylation is 2. The number of rotatable bonds is 0. The molecule has 1 aromatic rings. The van der Waals surface area contributed by atoms with Gasteiger partial charge >= 0.3 is 0 Å². The van der Waals surface area contributed by atoms with Gasteiger partial charge in [-0.15, -0.1) is 0 Å². The van der Waals surface area contributed by atoms with Crippen molar-refractivity contribution in [2.75, 3.05) is 6.54 Å². The number of aromatic amines is 1. The monoisotopic (exact) mass is 209 g/mol. The van der Waals surface area contributed by atoms with Gasteiger partial charge in [-0.3, -0.25) is 9.89 Å². The second kappa shape index (κ2) is 6.22. The van der Waals surface area contributed by atoms with Crippen LogP contribution in [0.25, 0.3) is 0 Å². The molecule has 4 heteroatoms. The molecule has 1 aliphatic heterocycles. The molecule has 0 spiro atoms. The number of hydrogen-bond acceptors (Lipinski definition) is 2. The third kappa shape index (κ3) is 5.20. The number of amides is 1. The lowest BCUT2D eigenvalue weighted by molar-refractivity contribution is -0.120. The first-order chi connectivity index (χ1) is 7.18. The molecule has 0 unspecified atom stereocenters. The summed E-state index contributed by atoms with van der Waals surface area (Å²) in [5.41, 5.74) is 2.18. The Morgan fingerprint density at radius 3 is 2.60 bits per heavy atom. The molecular weight excluding hydrogens is 190 g/mol. The van der Waals surface area contributed by atoms with Gasteiger partial charge in [-0.25, -0.2) is 0 Å². The van der Waals surface area contributed by atoms with Gasteiger partial charge in [-0.05, 0) is 32.8 Å². The van der Waals surface area contributed by atoms with Crippen molar-refractivity contribution in [2.45, 2.75) is 39.5 Å². The molecule has 84 valence electrons. The van der Waals surface area contributed by atoms with Crippen LogP contribution < -0.4 is 5.32 Å². The second-order valence-electron chi connectivity index (χ2n) is 3.85. The van der Waals surface area contributed by atoms with Gasteiger partial charge in [0.05, 0.1) is 5.69 Å². The topological polar surface area (TPSA) is 57.8 Å². The third-order valence-corrected chi connectivity index (χ3v) is 2.24. The van der Waals surface area contributed by atoms with E-state index in [-0.39, 0.29) is 5.91 Å². The number of H-pyrrole nitrogens is 1. The van der Waals surface area contributed by atoms with Crippen molar-refractivity contribution in [3.63, 3.8) is 0 Å². The average molecular weight is 209 g/mol. The van der Waals surface area contributed by atoms with Crippen LogP contribution >= 0.6 is 0 Å². The van der Waals surface area contributed by atoms with E-state index in [4.69, 9.17) is 0 Å². The smallest absolute Gasteiger partial charge is 0.219 e. The van der Waals surface area contributed by atoms with Crippen molar-refractivity contribution in [3.05, 3.63) is 17.5 Å². The first-order valence-corrected chi connectivity index (χ1v) is 5.44. The molecule has 0 atom stereocenters. The van der Waals surface area contributed by atoms with E-state index < -0.39 is 0 Å². The zero-order valence-electron chi connectivity index (χ0n) is 9.47. The minimum atomic E-state index is 0.225. The Morgan fingerprint density at radius 2 is 2.07 bits per heavy atom. The summed E-state index contributed by atoms with van der Waals surface area (Å²) in [4.78, 5) is 10.6. The molecule has 15 heavy (non-hydrogen) atoms. The number of hydrogen-bond donors (Lipinski definition) is 2. The van der Waals surface area contributed by atoms with Gasteiger partial charge in [0.25, 0.3) is 0 Å². The fourth-order valence-electron chi connectivity index (χ4n) is 1.46. The van der Waals surface area contributed by atoms with Crippen molar-refractivity contribution in [1.29, 1.82) is 0 Å². The normalized spacial score (nSPS) is 16.0. The van der Waals surface area contributed by atoms with Gasteiger partial charge in [-0.1, -0.05) is 6.42 Å². The molecule has 2 N–H and O–H groups in total. The fourth-order valence-corrected chi connectivity index (χ4v) is 1.46. The molecule has 0 aromatic carbocycles. The van der Waals surface area contributed by atoms with E-state index in [1.807, 2.05) is 19.9 Å². The van der Waals surface area contributed by atoms with Crippen molar-refractivity contribution < 1.29 is 4.79 Å². The Kier molecular flexibility index (Phi) is 4.87. The highest BCUT2D eigenvalue weighted by Crippen LogP contribution is 2.02. The Labute approximate surface area is 90.5 Å². The second-order valence-corrected chi connectivity index (χ2v) is 3.85. The predicted molar refractivity (Wildman–Crippen MR) is 59.5 cm³/mol. The molecule has 0 saturated carbocycles. The van der Waals surface area contributed by atoms with E-state index >= 15 is 0 Å². The summed E-state index contributed by atoms with van der Waals surface area (Å²) in [6.07, 6.45) is 4.18. The van der Waals surface area contributed by atoms with Crippen LogP contribution in [0, 0.1) is 13.8 Å². The van der Waals surface area contributed by atoms with Crippen molar-refractivity contribution in [3.8, 4) is 0 Å². The summed E-state index contributed by atoms with van der Waals surface area (Å²) >= 11 is 0. The molecule has 1 fully saturated rings. The van der Waals surface area contributed by atoms with E-state index in [1.165, 1.54) is 6.42 Å². The van der Waals surface area contributed by atoms with Crippen molar-refractivity contribution in [1.82, 2.24) is 15.5 Å². The van der Waals surface area contributed by atoms with Gasteiger partial charge in [-0.2, -0.15) is 5.10 Å². The molecule has 1 aliphatic rings. The molecule has 0 aliphatic carbocycles. The van der Waals surface area contributed by atoms with E-state index in [0.717, 1.165) is 37.2 Å². The maximum atomic E-state index is 10.6. The van der Waals surface area contributed by atoms with E-state index in [1.54, 1.807) is 0 Å². The molecule has 4 nitrogen and oxygen atoms in total. The first kappa shape index (κ1) is 11.8. The summed E-state index contributed by atoms with van der Waals surface area (Å²) in [6.45, 7) is 4.84. The molecule has 2 heterocycles. The predicted octanol–water partition coefficient (Wildman–Crippen LogP) is 1.70. The summed E-state index contributed by atoms with van der Waals surface area (Å²) in [5, 5.41) is 9.52. The van der Waals surface area contributed by atoms with Gasteiger partial charge in [0.15, 0.2) is 0 Å². The summed E-state index contributed by atoms with van der Waals surface area (Å²) in [5.74, 6) is 0.225. The molecule has 1 amide bonds. The number of carbonyl (C=O) groups is 1. The van der Waals surface area contributed by atoms with Crippen LogP contribution in [0.4, 0.5) is 0 Å². The van der Waals surface area contributed by atoms with E-state index in [9.17, 15) is 4.79 Å². The maximum Gasteiger partial charge on any atom is 0.219 e. The molecule has 2 rings (SSSR count).